The monoisotopic (exact) mass is 702 g/mol. The van der Waals surface area contributed by atoms with E-state index in [0.717, 1.165) is 95.0 Å². The lowest BCUT2D eigenvalue weighted by molar-refractivity contribution is -0.147. The van der Waals surface area contributed by atoms with Crippen molar-refractivity contribution >= 4 is 42.1 Å². The second kappa shape index (κ2) is 17.2. The molecule has 48 heavy (non-hydrogen) atoms. The van der Waals surface area contributed by atoms with Crippen LogP contribution in [0, 0.1) is 11.8 Å². The molecule has 8 nitrogen and oxygen atoms in total. The molecule has 2 aromatic rings. The molecule has 4 aliphatic rings. The number of rotatable bonds is 7. The van der Waals surface area contributed by atoms with Gasteiger partial charge in [0.1, 0.15) is 0 Å². The Morgan fingerprint density at radius 2 is 1.19 bits per heavy atom. The number of piperidine rings is 2. The summed E-state index contributed by atoms with van der Waals surface area (Å²) in [5.41, 5.74) is 0.975. The van der Waals surface area contributed by atoms with Gasteiger partial charge in [0.2, 0.25) is 5.91 Å². The first-order valence-electron chi connectivity index (χ1n) is 17.6. The number of aliphatic carboxylic acids is 1. The molecule has 4 fully saturated rings. The zero-order chi connectivity index (χ0) is 35.1. The van der Waals surface area contributed by atoms with Crippen molar-refractivity contribution in [3.63, 3.8) is 0 Å². The number of amides is 1. The highest BCUT2D eigenvalue weighted by molar-refractivity contribution is 6.45. The standard InChI is InChI=1S/C18H24ClNO2.C11H11ClO2.C8H18BNO2/c1-13(21)14-4-2-11-20(12-14)17(22)18(9-3-10-18)15-5-7-16(19)8-6-15;12-9-4-2-8(3-5-9)11(10(13)14)6-1-7-11;1-7(11)8-4-3-5-10(6-8)9(2)12/h5-8,13-14,21H,2-4,9-12H2,1H3;2-5H,1,6-7H2,(H,13,14);7-8,11-12H,3-6H2,1-2H3. The topological polar surface area (TPSA) is 122 Å². The van der Waals surface area contributed by atoms with Crippen molar-refractivity contribution < 1.29 is 29.9 Å². The van der Waals surface area contributed by atoms with E-state index in [4.69, 9.17) is 23.2 Å². The molecule has 6 rings (SSSR count). The summed E-state index contributed by atoms with van der Waals surface area (Å²) in [5, 5.41) is 39.1. The molecule has 1 amide bonds. The lowest BCUT2D eigenvalue weighted by atomic mass is 9.63. The molecule has 4 atom stereocenters. The molecular formula is C37H53BCl2N2O6. The van der Waals surface area contributed by atoms with E-state index in [1.165, 1.54) is 0 Å². The number of carboxylic acid groups (broad SMARTS) is 1. The summed E-state index contributed by atoms with van der Waals surface area (Å²) in [5.74, 6) is 0.0749. The van der Waals surface area contributed by atoms with Crippen molar-refractivity contribution in [2.45, 2.75) is 108 Å². The van der Waals surface area contributed by atoms with Crippen LogP contribution in [-0.4, -0.2) is 87.4 Å². The normalized spacial score (nSPS) is 24.2. The van der Waals surface area contributed by atoms with Crippen molar-refractivity contribution in [3.8, 4) is 0 Å². The molecule has 0 bridgehead atoms. The van der Waals surface area contributed by atoms with E-state index in [1.807, 2.05) is 60.0 Å². The number of hydrogen-bond acceptors (Lipinski definition) is 6. The van der Waals surface area contributed by atoms with Crippen LogP contribution < -0.4 is 0 Å². The Balaban J connectivity index is 0.000000173. The number of hydrogen-bond donors (Lipinski definition) is 4. The summed E-state index contributed by atoms with van der Waals surface area (Å²) in [6.45, 7) is 8.73. The van der Waals surface area contributed by atoms with Crippen molar-refractivity contribution in [1.29, 1.82) is 0 Å². The van der Waals surface area contributed by atoms with Gasteiger partial charge in [-0.25, -0.2) is 0 Å². The third kappa shape index (κ3) is 9.15. The maximum atomic E-state index is 13.2. The predicted octanol–water partition coefficient (Wildman–Crippen LogP) is 6.42. The zero-order valence-corrected chi connectivity index (χ0v) is 30.2. The van der Waals surface area contributed by atoms with Gasteiger partial charge in [-0.1, -0.05) is 60.3 Å². The quantitative estimate of drug-likeness (QED) is 0.246. The summed E-state index contributed by atoms with van der Waals surface area (Å²) in [6, 6.07) is 14.9. The van der Waals surface area contributed by atoms with Gasteiger partial charge < -0.3 is 30.1 Å². The summed E-state index contributed by atoms with van der Waals surface area (Å²) >= 11 is 11.7. The van der Waals surface area contributed by atoms with Gasteiger partial charge in [-0.3, -0.25) is 9.59 Å². The molecule has 2 saturated carbocycles. The van der Waals surface area contributed by atoms with E-state index in [9.17, 15) is 29.9 Å². The van der Waals surface area contributed by atoms with Crippen LogP contribution in [-0.2, 0) is 20.4 Å². The van der Waals surface area contributed by atoms with E-state index in [1.54, 1.807) is 19.0 Å². The van der Waals surface area contributed by atoms with Gasteiger partial charge in [0.15, 0.2) is 0 Å². The first kappa shape index (κ1) is 38.7. The Hall–Kier alpha value is -2.14. The van der Waals surface area contributed by atoms with Gasteiger partial charge in [0.25, 0.3) is 0 Å². The number of halogens is 2. The molecular weight excluding hydrogens is 650 g/mol. The summed E-state index contributed by atoms with van der Waals surface area (Å²) in [7, 11) is -0.369. The first-order chi connectivity index (χ1) is 22.8. The molecule has 0 aromatic heterocycles. The second-order valence-corrected chi connectivity index (χ2v) is 15.2. The van der Waals surface area contributed by atoms with E-state index in [2.05, 4.69) is 0 Å². The lowest BCUT2D eigenvalue weighted by Gasteiger charge is -2.46. The Morgan fingerprint density at radius 1 is 0.750 bits per heavy atom. The number of benzene rings is 2. The maximum absolute atomic E-state index is 13.2. The number of aliphatic hydroxyl groups excluding tert-OH is 2. The van der Waals surface area contributed by atoms with Crippen LogP contribution in [0.2, 0.25) is 16.9 Å². The van der Waals surface area contributed by atoms with Gasteiger partial charge in [-0.15, -0.1) is 0 Å². The smallest absolute Gasteiger partial charge is 0.376 e. The third-order valence-electron chi connectivity index (χ3n) is 11.2. The molecule has 4 unspecified atom stereocenters. The Labute approximate surface area is 296 Å². The summed E-state index contributed by atoms with van der Waals surface area (Å²) in [4.78, 5) is 28.3. The fourth-order valence-corrected chi connectivity index (χ4v) is 7.77. The largest absolute Gasteiger partial charge is 0.481 e. The SMILES string of the molecule is CB(O)N1CCCC(C(C)O)C1.CC(O)C1CCCN(C(=O)C2(c3ccc(Cl)cc3)CCC2)C1.O=C(O)C1(c2ccc(Cl)cc2)CCC1. The van der Waals surface area contributed by atoms with Crippen LogP contribution in [0.4, 0.5) is 0 Å². The average Bonchev–Trinajstić information content (AvgIpc) is 3.02. The first-order valence-corrected chi connectivity index (χ1v) is 18.4. The molecule has 264 valence electrons. The highest BCUT2D eigenvalue weighted by Gasteiger charge is 2.48. The lowest BCUT2D eigenvalue weighted by Crippen LogP contribution is -2.54. The number of nitrogens with zero attached hydrogens (tertiary/aromatic N) is 2. The van der Waals surface area contributed by atoms with E-state index < -0.39 is 11.4 Å². The maximum Gasteiger partial charge on any atom is 0.376 e. The van der Waals surface area contributed by atoms with Gasteiger partial charge in [0.05, 0.1) is 23.0 Å². The zero-order valence-electron chi connectivity index (χ0n) is 28.7. The minimum atomic E-state index is -0.717. The molecule has 11 heteroatoms. The molecule has 0 spiro atoms. The van der Waals surface area contributed by atoms with Gasteiger partial charge >= 0.3 is 13.0 Å². The van der Waals surface area contributed by atoms with Crippen molar-refractivity contribution in [1.82, 2.24) is 9.71 Å². The number of carboxylic acids is 1. The van der Waals surface area contributed by atoms with Crippen LogP contribution in [0.5, 0.6) is 0 Å². The fourth-order valence-electron chi connectivity index (χ4n) is 7.51. The molecule has 2 saturated heterocycles. The number of carbonyl (C=O) groups is 2. The van der Waals surface area contributed by atoms with Gasteiger partial charge in [-0.2, -0.15) is 0 Å². The van der Waals surface area contributed by atoms with Gasteiger partial charge in [-0.05, 0) is 126 Å². The van der Waals surface area contributed by atoms with Crippen LogP contribution in [0.15, 0.2) is 48.5 Å². The van der Waals surface area contributed by atoms with E-state index in [0.29, 0.717) is 22.5 Å². The Morgan fingerprint density at radius 3 is 1.58 bits per heavy atom. The third-order valence-corrected chi connectivity index (χ3v) is 11.7. The highest BCUT2D eigenvalue weighted by Crippen LogP contribution is 2.46. The van der Waals surface area contributed by atoms with Crippen molar-refractivity contribution in [2.24, 2.45) is 11.8 Å². The van der Waals surface area contributed by atoms with E-state index >= 15 is 0 Å². The Kier molecular flexibility index (Phi) is 13.8. The molecule has 0 radical (unpaired) electrons. The fraction of sp³-hybridized carbons (Fsp3) is 0.622. The number of carbonyl (C=O) groups excluding carboxylic acids is 1. The average molecular weight is 704 g/mol. The van der Waals surface area contributed by atoms with Crippen LogP contribution in [0.1, 0.15) is 89.2 Å². The van der Waals surface area contributed by atoms with Crippen molar-refractivity contribution in [2.75, 3.05) is 26.2 Å². The molecule has 2 aliphatic carbocycles. The highest BCUT2D eigenvalue weighted by atomic mass is 35.5. The summed E-state index contributed by atoms with van der Waals surface area (Å²) in [6.07, 6.45) is 8.99. The van der Waals surface area contributed by atoms with Crippen LogP contribution in [0.3, 0.4) is 0 Å². The van der Waals surface area contributed by atoms with E-state index in [-0.39, 0.29) is 36.5 Å². The number of aliphatic hydroxyl groups is 2. The van der Waals surface area contributed by atoms with Crippen molar-refractivity contribution in [3.05, 3.63) is 69.7 Å². The van der Waals surface area contributed by atoms with Gasteiger partial charge in [0, 0.05) is 29.1 Å². The minimum Gasteiger partial charge on any atom is -0.481 e. The summed E-state index contributed by atoms with van der Waals surface area (Å²) < 4.78 is 0. The molecule has 2 aliphatic heterocycles. The van der Waals surface area contributed by atoms with Crippen LogP contribution in [0.25, 0.3) is 0 Å². The number of likely N-dealkylation sites (tertiary alicyclic amines) is 1. The minimum absolute atomic E-state index is 0.208. The Bertz CT molecular complexity index is 1320. The second-order valence-electron chi connectivity index (χ2n) is 14.4. The molecule has 2 heterocycles. The van der Waals surface area contributed by atoms with Crippen LogP contribution >= 0.6 is 23.2 Å². The predicted molar refractivity (Wildman–Crippen MR) is 192 cm³/mol. The molecule has 2 aromatic carbocycles. The molecule has 4 N–H and O–H groups in total.